The van der Waals surface area contributed by atoms with Gasteiger partial charge in [0.1, 0.15) is 11.5 Å². The highest BCUT2D eigenvalue weighted by molar-refractivity contribution is 5.92. The highest BCUT2D eigenvalue weighted by Gasteiger charge is 2.07. The molecule has 0 saturated heterocycles. The van der Waals surface area contributed by atoms with Crippen LogP contribution >= 0.6 is 0 Å². The SMILES string of the molecule is Cc1ccc(CNC(=O)Nc2cncc(C(=O)O)c2)o1. The average molecular weight is 275 g/mol. The Kier molecular flexibility index (Phi) is 3.99. The van der Waals surface area contributed by atoms with Gasteiger partial charge in [-0.05, 0) is 25.1 Å². The van der Waals surface area contributed by atoms with Gasteiger partial charge < -0.3 is 20.2 Å². The van der Waals surface area contributed by atoms with Gasteiger partial charge in [0.05, 0.1) is 24.0 Å². The molecule has 0 aromatic carbocycles. The zero-order valence-electron chi connectivity index (χ0n) is 10.7. The number of nitrogens with one attached hydrogen (secondary N) is 2. The molecule has 2 rings (SSSR count). The van der Waals surface area contributed by atoms with Gasteiger partial charge >= 0.3 is 12.0 Å². The number of carboxylic acids is 1. The van der Waals surface area contributed by atoms with Gasteiger partial charge in [0, 0.05) is 6.20 Å². The van der Waals surface area contributed by atoms with E-state index in [1.54, 1.807) is 12.1 Å². The van der Waals surface area contributed by atoms with E-state index in [4.69, 9.17) is 9.52 Å². The van der Waals surface area contributed by atoms with Crippen LogP contribution in [0.1, 0.15) is 21.9 Å². The lowest BCUT2D eigenvalue weighted by atomic mass is 10.3. The molecule has 7 nitrogen and oxygen atoms in total. The van der Waals surface area contributed by atoms with Gasteiger partial charge in [-0.15, -0.1) is 0 Å². The fraction of sp³-hybridized carbons (Fsp3) is 0.154. The first-order valence-corrected chi connectivity index (χ1v) is 5.83. The average Bonchev–Trinajstić information content (AvgIpc) is 2.82. The van der Waals surface area contributed by atoms with Gasteiger partial charge in [0.25, 0.3) is 0 Å². The Balaban J connectivity index is 1.91. The molecule has 2 heterocycles. The molecule has 2 aromatic heterocycles. The first-order chi connectivity index (χ1) is 9.54. The van der Waals surface area contributed by atoms with E-state index in [2.05, 4.69) is 15.6 Å². The van der Waals surface area contributed by atoms with Crippen LogP contribution in [-0.2, 0) is 6.54 Å². The summed E-state index contributed by atoms with van der Waals surface area (Å²) in [5.41, 5.74) is 0.308. The third-order valence-corrected chi connectivity index (χ3v) is 2.46. The Bertz CT molecular complexity index is 636. The van der Waals surface area contributed by atoms with Gasteiger partial charge in [-0.2, -0.15) is 0 Å². The number of hydrogen-bond donors (Lipinski definition) is 3. The maximum atomic E-state index is 11.6. The summed E-state index contributed by atoms with van der Waals surface area (Å²) in [6.45, 7) is 2.05. The predicted octanol–water partition coefficient (Wildman–Crippen LogP) is 2.00. The van der Waals surface area contributed by atoms with Crippen molar-refractivity contribution in [2.45, 2.75) is 13.5 Å². The summed E-state index contributed by atoms with van der Waals surface area (Å²) in [5, 5.41) is 13.9. The highest BCUT2D eigenvalue weighted by atomic mass is 16.4. The zero-order chi connectivity index (χ0) is 14.5. The monoisotopic (exact) mass is 275 g/mol. The van der Waals surface area contributed by atoms with E-state index in [-0.39, 0.29) is 12.1 Å². The van der Waals surface area contributed by atoms with Gasteiger partial charge in [-0.3, -0.25) is 4.98 Å². The molecule has 20 heavy (non-hydrogen) atoms. The Hall–Kier alpha value is -2.83. The van der Waals surface area contributed by atoms with Crippen LogP contribution < -0.4 is 10.6 Å². The first kappa shape index (κ1) is 13.6. The number of carboxylic acid groups (broad SMARTS) is 1. The van der Waals surface area contributed by atoms with Gasteiger partial charge in [-0.1, -0.05) is 0 Å². The number of pyridine rings is 1. The molecule has 104 valence electrons. The highest BCUT2D eigenvalue weighted by Crippen LogP contribution is 2.09. The fourth-order valence-electron chi connectivity index (χ4n) is 1.55. The van der Waals surface area contributed by atoms with Gasteiger partial charge in [0.2, 0.25) is 0 Å². The van der Waals surface area contributed by atoms with Crippen molar-refractivity contribution in [3.05, 3.63) is 47.7 Å². The van der Waals surface area contributed by atoms with Crippen LogP contribution in [0.3, 0.4) is 0 Å². The molecule has 0 saturated carbocycles. The second-order valence-corrected chi connectivity index (χ2v) is 4.09. The van der Waals surface area contributed by atoms with Crippen LogP contribution in [0.4, 0.5) is 10.5 Å². The van der Waals surface area contributed by atoms with Crippen molar-refractivity contribution in [2.75, 3.05) is 5.32 Å². The summed E-state index contributed by atoms with van der Waals surface area (Å²) in [6.07, 6.45) is 2.57. The minimum absolute atomic E-state index is 0.00413. The second kappa shape index (κ2) is 5.87. The largest absolute Gasteiger partial charge is 0.478 e. The normalized spacial score (nSPS) is 10.1. The minimum atomic E-state index is -1.10. The lowest BCUT2D eigenvalue weighted by molar-refractivity contribution is 0.0696. The number of rotatable bonds is 4. The van der Waals surface area contributed by atoms with E-state index in [9.17, 15) is 9.59 Å². The number of aromatic carboxylic acids is 1. The van der Waals surface area contributed by atoms with E-state index in [1.165, 1.54) is 18.5 Å². The summed E-state index contributed by atoms with van der Waals surface area (Å²) in [4.78, 5) is 26.1. The number of aromatic nitrogens is 1. The quantitative estimate of drug-likeness (QED) is 0.791. The Morgan fingerprint density at radius 1 is 1.35 bits per heavy atom. The van der Waals surface area contributed by atoms with E-state index in [0.717, 1.165) is 5.76 Å². The van der Waals surface area contributed by atoms with Crippen molar-refractivity contribution in [1.29, 1.82) is 0 Å². The molecule has 0 spiro atoms. The van der Waals surface area contributed by atoms with Crippen LogP contribution in [0.25, 0.3) is 0 Å². The number of urea groups is 1. The molecule has 0 fully saturated rings. The van der Waals surface area contributed by atoms with Crippen LogP contribution in [0.15, 0.2) is 35.0 Å². The van der Waals surface area contributed by atoms with E-state index >= 15 is 0 Å². The van der Waals surface area contributed by atoms with Crippen molar-refractivity contribution in [1.82, 2.24) is 10.3 Å². The maximum absolute atomic E-state index is 11.6. The number of furan rings is 1. The molecule has 2 aromatic rings. The fourth-order valence-corrected chi connectivity index (χ4v) is 1.55. The molecule has 3 N–H and O–H groups in total. The molecule has 0 aliphatic carbocycles. The molecular formula is C13H13N3O4. The zero-order valence-corrected chi connectivity index (χ0v) is 10.7. The van der Waals surface area contributed by atoms with Crippen molar-refractivity contribution < 1.29 is 19.1 Å². The Morgan fingerprint density at radius 3 is 2.80 bits per heavy atom. The van der Waals surface area contributed by atoms with Crippen LogP contribution in [0.5, 0.6) is 0 Å². The first-order valence-electron chi connectivity index (χ1n) is 5.83. The van der Waals surface area contributed by atoms with Gasteiger partial charge in [0.15, 0.2) is 0 Å². The van der Waals surface area contributed by atoms with Crippen LogP contribution in [-0.4, -0.2) is 22.1 Å². The number of anilines is 1. The van der Waals surface area contributed by atoms with E-state index in [1.807, 2.05) is 6.92 Å². The molecule has 0 unspecified atom stereocenters. The molecule has 2 amide bonds. The number of carbonyl (C=O) groups is 2. The molecule has 0 aliphatic heterocycles. The second-order valence-electron chi connectivity index (χ2n) is 4.09. The molecule has 0 aliphatic rings. The number of carbonyl (C=O) groups excluding carboxylic acids is 1. The minimum Gasteiger partial charge on any atom is -0.478 e. The number of aryl methyl sites for hydroxylation is 1. The van der Waals surface area contributed by atoms with E-state index in [0.29, 0.717) is 11.4 Å². The summed E-state index contributed by atoms with van der Waals surface area (Å²) in [5.74, 6) is 0.295. The number of hydrogen-bond acceptors (Lipinski definition) is 4. The van der Waals surface area contributed by atoms with Gasteiger partial charge in [-0.25, -0.2) is 9.59 Å². The molecular weight excluding hydrogens is 262 g/mol. The third-order valence-electron chi connectivity index (χ3n) is 2.46. The van der Waals surface area contributed by atoms with Crippen LogP contribution in [0, 0.1) is 6.92 Å². The maximum Gasteiger partial charge on any atom is 0.337 e. The molecule has 0 atom stereocenters. The van der Waals surface area contributed by atoms with Crippen molar-refractivity contribution in [2.24, 2.45) is 0 Å². The Labute approximate surface area is 114 Å². The Morgan fingerprint density at radius 2 is 2.15 bits per heavy atom. The standard InChI is InChI=1S/C13H13N3O4/c1-8-2-3-11(20-8)7-15-13(19)16-10-4-9(12(17)18)5-14-6-10/h2-6H,7H2,1H3,(H,17,18)(H2,15,16,19). The smallest absolute Gasteiger partial charge is 0.337 e. The molecule has 0 radical (unpaired) electrons. The summed E-state index contributed by atoms with van der Waals surface area (Å²) >= 11 is 0. The van der Waals surface area contributed by atoms with Crippen molar-refractivity contribution >= 4 is 17.7 Å². The lowest BCUT2D eigenvalue weighted by Crippen LogP contribution is -2.28. The summed E-state index contributed by atoms with van der Waals surface area (Å²) in [7, 11) is 0. The van der Waals surface area contributed by atoms with E-state index < -0.39 is 12.0 Å². The topological polar surface area (TPSA) is 104 Å². The predicted molar refractivity (Wildman–Crippen MR) is 70.5 cm³/mol. The molecule has 7 heteroatoms. The van der Waals surface area contributed by atoms with Crippen molar-refractivity contribution in [3.63, 3.8) is 0 Å². The lowest BCUT2D eigenvalue weighted by Gasteiger charge is -2.06. The van der Waals surface area contributed by atoms with Crippen LogP contribution in [0.2, 0.25) is 0 Å². The van der Waals surface area contributed by atoms with Crippen molar-refractivity contribution in [3.8, 4) is 0 Å². The number of nitrogens with zero attached hydrogens (tertiary/aromatic N) is 1. The number of amides is 2. The summed E-state index contributed by atoms with van der Waals surface area (Å²) < 4.78 is 5.30. The third kappa shape index (κ3) is 3.58. The summed E-state index contributed by atoms with van der Waals surface area (Å²) in [6, 6.07) is 4.42. The molecule has 0 bridgehead atoms.